The molecule has 6 heteroatoms. The summed E-state index contributed by atoms with van der Waals surface area (Å²) in [6.07, 6.45) is 6.63. The fraction of sp³-hybridized carbons (Fsp3) is 0.579. The van der Waals surface area contributed by atoms with Gasteiger partial charge in [-0.3, -0.25) is 4.79 Å². The molecule has 0 atom stereocenters. The molecule has 3 amide bonds. The van der Waals surface area contributed by atoms with Crippen LogP contribution in [0.15, 0.2) is 24.3 Å². The summed E-state index contributed by atoms with van der Waals surface area (Å²) in [5.74, 6) is -0.309. The van der Waals surface area contributed by atoms with Crippen LogP contribution in [0.2, 0.25) is 0 Å². The van der Waals surface area contributed by atoms with E-state index in [9.17, 15) is 14.0 Å². The first-order valence-electron chi connectivity index (χ1n) is 9.20. The fourth-order valence-corrected chi connectivity index (χ4v) is 3.32. The van der Waals surface area contributed by atoms with Crippen molar-refractivity contribution >= 4 is 11.9 Å². The maximum Gasteiger partial charge on any atom is 0.317 e. The number of benzene rings is 1. The van der Waals surface area contributed by atoms with Crippen molar-refractivity contribution in [2.75, 3.05) is 6.54 Å². The minimum Gasteiger partial charge on any atom is -0.353 e. The van der Waals surface area contributed by atoms with Crippen LogP contribution >= 0.6 is 0 Å². The highest BCUT2D eigenvalue weighted by Crippen LogP contribution is 2.28. The maximum atomic E-state index is 13.8. The van der Waals surface area contributed by atoms with Gasteiger partial charge in [0, 0.05) is 30.6 Å². The van der Waals surface area contributed by atoms with Gasteiger partial charge in [-0.25, -0.2) is 9.18 Å². The molecule has 2 aliphatic rings. The number of carbonyl (C=O) groups is 2. The average Bonchev–Trinajstić information content (AvgIpc) is 3.31. The summed E-state index contributed by atoms with van der Waals surface area (Å²) < 4.78 is 13.8. The molecular weight excluding hydrogens is 321 g/mol. The highest BCUT2D eigenvalue weighted by molar-refractivity contribution is 5.78. The number of nitrogens with one attached hydrogen (secondary N) is 2. The molecule has 0 heterocycles. The third-order valence-corrected chi connectivity index (χ3v) is 4.90. The molecule has 2 fully saturated rings. The van der Waals surface area contributed by atoms with Crippen LogP contribution in [0, 0.1) is 5.82 Å². The number of nitrogens with zero attached hydrogens (tertiary/aromatic N) is 1. The lowest BCUT2D eigenvalue weighted by Gasteiger charge is -2.23. The lowest BCUT2D eigenvalue weighted by atomic mass is 10.2. The summed E-state index contributed by atoms with van der Waals surface area (Å²) in [5.41, 5.74) is 0.517. The van der Waals surface area contributed by atoms with Crippen molar-refractivity contribution in [3.05, 3.63) is 35.6 Å². The van der Waals surface area contributed by atoms with Crippen molar-refractivity contribution in [2.45, 2.75) is 63.6 Å². The summed E-state index contributed by atoms with van der Waals surface area (Å²) in [7, 11) is 0. The molecule has 1 aromatic rings. The number of rotatable bonds is 7. The highest BCUT2D eigenvalue weighted by Gasteiger charge is 2.33. The number of amides is 3. The Morgan fingerprint density at radius 1 is 1.12 bits per heavy atom. The topological polar surface area (TPSA) is 61.4 Å². The summed E-state index contributed by atoms with van der Waals surface area (Å²) in [5, 5.41) is 5.81. The molecule has 0 aromatic heterocycles. The molecule has 3 rings (SSSR count). The normalized spacial score (nSPS) is 17.3. The van der Waals surface area contributed by atoms with Gasteiger partial charge in [-0.2, -0.15) is 0 Å². The lowest BCUT2D eigenvalue weighted by molar-refractivity contribution is -0.121. The Labute approximate surface area is 148 Å². The number of hydrogen-bond donors (Lipinski definition) is 2. The maximum absolute atomic E-state index is 13.8. The number of carbonyl (C=O) groups excluding carboxylic acids is 2. The molecular formula is C19H26FN3O2. The van der Waals surface area contributed by atoms with E-state index in [-0.39, 0.29) is 36.8 Å². The van der Waals surface area contributed by atoms with E-state index in [1.165, 1.54) is 18.9 Å². The molecule has 0 aliphatic heterocycles. The van der Waals surface area contributed by atoms with E-state index in [4.69, 9.17) is 0 Å². The third-order valence-electron chi connectivity index (χ3n) is 4.90. The van der Waals surface area contributed by atoms with Crippen molar-refractivity contribution in [3.63, 3.8) is 0 Å². The van der Waals surface area contributed by atoms with Gasteiger partial charge in [0.2, 0.25) is 5.91 Å². The molecule has 0 spiro atoms. The van der Waals surface area contributed by atoms with Crippen LogP contribution in [0.4, 0.5) is 9.18 Å². The Hall–Kier alpha value is -2.11. The third kappa shape index (κ3) is 5.18. The largest absolute Gasteiger partial charge is 0.353 e. The van der Waals surface area contributed by atoms with Gasteiger partial charge in [0.15, 0.2) is 0 Å². The Balaban J connectivity index is 1.45. The number of halogens is 1. The van der Waals surface area contributed by atoms with Crippen molar-refractivity contribution < 1.29 is 14.0 Å². The van der Waals surface area contributed by atoms with Gasteiger partial charge in [-0.1, -0.05) is 31.0 Å². The van der Waals surface area contributed by atoms with Crippen LogP contribution in [0.5, 0.6) is 0 Å². The average molecular weight is 347 g/mol. The predicted molar refractivity (Wildman–Crippen MR) is 93.4 cm³/mol. The highest BCUT2D eigenvalue weighted by atomic mass is 19.1. The van der Waals surface area contributed by atoms with Crippen LogP contribution in [0.1, 0.15) is 50.5 Å². The second-order valence-electron chi connectivity index (χ2n) is 6.98. The Kier molecular flexibility index (Phi) is 5.89. The molecule has 25 heavy (non-hydrogen) atoms. The molecule has 0 unspecified atom stereocenters. The van der Waals surface area contributed by atoms with Gasteiger partial charge >= 0.3 is 6.03 Å². The minimum atomic E-state index is -0.295. The lowest BCUT2D eigenvalue weighted by Crippen LogP contribution is -2.42. The second-order valence-corrected chi connectivity index (χ2v) is 6.98. The van der Waals surface area contributed by atoms with Crippen LogP contribution in [0.25, 0.3) is 0 Å². The van der Waals surface area contributed by atoms with Crippen LogP contribution < -0.4 is 10.6 Å². The zero-order valence-corrected chi connectivity index (χ0v) is 14.5. The number of urea groups is 1. The summed E-state index contributed by atoms with van der Waals surface area (Å²) in [6.45, 7) is 0.565. The van der Waals surface area contributed by atoms with E-state index in [0.717, 1.165) is 25.7 Å². The molecule has 136 valence electrons. The van der Waals surface area contributed by atoms with Crippen molar-refractivity contribution in [1.82, 2.24) is 15.5 Å². The standard InChI is InChI=1S/C19H26FN3O2/c20-17-8-4-1-5-14(17)13-23(16-9-10-16)19(25)21-12-11-18(24)22-15-6-2-3-7-15/h1,4-5,8,15-16H,2-3,6-7,9-13H2,(H,21,25)(H,22,24). The smallest absolute Gasteiger partial charge is 0.317 e. The first-order valence-corrected chi connectivity index (χ1v) is 9.20. The molecule has 0 saturated heterocycles. The number of hydrogen-bond acceptors (Lipinski definition) is 2. The van der Waals surface area contributed by atoms with E-state index in [0.29, 0.717) is 18.2 Å². The van der Waals surface area contributed by atoms with E-state index in [1.54, 1.807) is 23.1 Å². The molecule has 2 saturated carbocycles. The van der Waals surface area contributed by atoms with Gasteiger partial charge in [-0.05, 0) is 31.7 Å². The van der Waals surface area contributed by atoms with Crippen molar-refractivity contribution in [1.29, 1.82) is 0 Å². The SMILES string of the molecule is O=C(CCNC(=O)N(Cc1ccccc1F)C1CC1)NC1CCCC1. The molecule has 5 nitrogen and oxygen atoms in total. The van der Waals surface area contributed by atoms with Gasteiger partial charge in [0.05, 0.1) is 6.54 Å². The van der Waals surface area contributed by atoms with E-state index < -0.39 is 0 Å². The van der Waals surface area contributed by atoms with Crippen LogP contribution in [0.3, 0.4) is 0 Å². The van der Waals surface area contributed by atoms with Crippen molar-refractivity contribution in [3.8, 4) is 0 Å². The fourth-order valence-electron chi connectivity index (χ4n) is 3.32. The summed E-state index contributed by atoms with van der Waals surface area (Å²) >= 11 is 0. The quantitative estimate of drug-likeness (QED) is 0.797. The van der Waals surface area contributed by atoms with Gasteiger partial charge in [0.1, 0.15) is 5.82 Å². The van der Waals surface area contributed by atoms with Crippen molar-refractivity contribution in [2.24, 2.45) is 0 Å². The summed E-state index contributed by atoms with van der Waals surface area (Å²) in [6, 6.07) is 6.77. The van der Waals surface area contributed by atoms with E-state index in [2.05, 4.69) is 10.6 Å². The molecule has 1 aromatic carbocycles. The van der Waals surface area contributed by atoms with Crippen LogP contribution in [-0.2, 0) is 11.3 Å². The molecule has 2 aliphatic carbocycles. The van der Waals surface area contributed by atoms with Gasteiger partial charge in [-0.15, -0.1) is 0 Å². The summed E-state index contributed by atoms with van der Waals surface area (Å²) in [4.78, 5) is 26.0. The molecule has 2 N–H and O–H groups in total. The predicted octanol–water partition coefficient (Wildman–Crippen LogP) is 2.95. The Morgan fingerprint density at radius 3 is 2.52 bits per heavy atom. The second kappa shape index (κ2) is 8.32. The van der Waals surface area contributed by atoms with Gasteiger partial charge < -0.3 is 15.5 Å². The van der Waals surface area contributed by atoms with E-state index in [1.807, 2.05) is 0 Å². The van der Waals surface area contributed by atoms with Gasteiger partial charge in [0.25, 0.3) is 0 Å². The zero-order chi connectivity index (χ0) is 17.6. The zero-order valence-electron chi connectivity index (χ0n) is 14.5. The Bertz CT molecular complexity index is 612. The molecule has 0 radical (unpaired) electrons. The first kappa shape index (κ1) is 17.7. The van der Waals surface area contributed by atoms with Crippen LogP contribution in [-0.4, -0.2) is 35.5 Å². The monoisotopic (exact) mass is 347 g/mol. The van der Waals surface area contributed by atoms with E-state index >= 15 is 0 Å². The minimum absolute atomic E-state index is 0.0146. The Morgan fingerprint density at radius 2 is 1.84 bits per heavy atom. The first-order chi connectivity index (χ1) is 12.1. The molecule has 0 bridgehead atoms.